The van der Waals surface area contributed by atoms with Crippen LogP contribution in [0.25, 0.3) is 10.4 Å². The van der Waals surface area contributed by atoms with Crippen LogP contribution in [0.15, 0.2) is 29.8 Å². The van der Waals surface area contributed by atoms with Gasteiger partial charge in [-0.1, -0.05) is 80.5 Å². The predicted molar refractivity (Wildman–Crippen MR) is 159 cm³/mol. The minimum absolute atomic E-state index is 0.110. The first-order valence-electron chi connectivity index (χ1n) is 13.2. The first kappa shape index (κ1) is 30.0. The van der Waals surface area contributed by atoms with Gasteiger partial charge in [-0.3, -0.25) is 9.59 Å². The fourth-order valence-corrected chi connectivity index (χ4v) is 6.07. The second-order valence-electron chi connectivity index (χ2n) is 10.9. The second kappa shape index (κ2) is 14.0. The topological polar surface area (TPSA) is 94.6 Å². The summed E-state index contributed by atoms with van der Waals surface area (Å²) in [6.45, 7) is 9.43. The van der Waals surface area contributed by atoms with E-state index in [1.165, 1.54) is 17.3 Å². The zero-order valence-corrected chi connectivity index (χ0v) is 25.4. The zero-order chi connectivity index (χ0) is 27.0. The molecule has 1 aliphatic rings. The van der Waals surface area contributed by atoms with E-state index in [9.17, 15) is 14.7 Å². The molecule has 0 bridgehead atoms. The van der Waals surface area contributed by atoms with Gasteiger partial charge >= 0.3 is 0 Å². The number of likely N-dealkylation sites (tertiary alicyclic amines) is 1. The normalized spacial score (nSPS) is 18.7. The highest BCUT2D eigenvalue weighted by Gasteiger charge is 2.43. The molecule has 3 rings (SSSR count). The number of β-amino-alcohol motifs (C(OH)–C–C–N with tert-alkyl or cyclic N) is 1. The van der Waals surface area contributed by atoms with Crippen molar-refractivity contribution in [2.24, 2.45) is 5.41 Å². The van der Waals surface area contributed by atoms with Crippen molar-refractivity contribution in [2.75, 3.05) is 17.5 Å². The Bertz CT molecular complexity index is 1020. The van der Waals surface area contributed by atoms with Crippen LogP contribution in [-0.2, 0) is 16.1 Å². The lowest BCUT2D eigenvalue weighted by Crippen LogP contribution is -2.56. The molecule has 204 valence electrons. The van der Waals surface area contributed by atoms with Gasteiger partial charge in [-0.05, 0) is 47.3 Å². The number of alkyl halides is 1. The number of carbonyl (C=O) groups excluding carboxylic acids is 2. The highest BCUT2D eigenvalue weighted by molar-refractivity contribution is 14.1. The largest absolute Gasteiger partial charge is 0.391 e. The van der Waals surface area contributed by atoms with Crippen molar-refractivity contribution in [1.82, 2.24) is 20.5 Å². The molecule has 0 saturated carbocycles. The molecule has 37 heavy (non-hydrogen) atoms. The first-order chi connectivity index (χ1) is 17.6. The molecule has 3 N–H and O–H groups in total. The van der Waals surface area contributed by atoms with Crippen LogP contribution in [0.1, 0.15) is 64.1 Å². The number of unbranched alkanes of at least 4 members (excludes halogenated alkanes) is 3. The van der Waals surface area contributed by atoms with Gasteiger partial charge in [0.2, 0.25) is 11.8 Å². The number of nitrogens with one attached hydrogen (secondary N) is 2. The summed E-state index contributed by atoms with van der Waals surface area (Å²) in [6.07, 6.45) is 4.14. The number of benzene rings is 1. The third kappa shape index (κ3) is 8.46. The van der Waals surface area contributed by atoms with Crippen LogP contribution < -0.4 is 10.6 Å². The number of amides is 2. The van der Waals surface area contributed by atoms with Crippen LogP contribution in [0.4, 0.5) is 0 Å². The van der Waals surface area contributed by atoms with E-state index in [-0.39, 0.29) is 30.2 Å². The quantitative estimate of drug-likeness (QED) is 0.178. The molecule has 1 saturated heterocycles. The summed E-state index contributed by atoms with van der Waals surface area (Å²) in [5, 5.41) is 16.8. The second-order valence-corrected chi connectivity index (χ2v) is 12.9. The Morgan fingerprint density at radius 1 is 1.19 bits per heavy atom. The van der Waals surface area contributed by atoms with Crippen LogP contribution in [-0.4, -0.2) is 62.5 Å². The van der Waals surface area contributed by atoms with Crippen molar-refractivity contribution in [1.29, 1.82) is 0 Å². The van der Waals surface area contributed by atoms with Gasteiger partial charge in [0.05, 0.1) is 28.2 Å². The number of halogens is 1. The molecule has 2 amide bonds. The summed E-state index contributed by atoms with van der Waals surface area (Å²) in [4.78, 5) is 33.8. The van der Waals surface area contributed by atoms with Gasteiger partial charge in [0.25, 0.3) is 0 Å². The average Bonchev–Trinajstić information content (AvgIpc) is 3.46. The monoisotopic (exact) mass is 640 g/mol. The third-order valence-electron chi connectivity index (χ3n) is 6.81. The minimum Gasteiger partial charge on any atom is -0.391 e. The van der Waals surface area contributed by atoms with Gasteiger partial charge in [0, 0.05) is 19.5 Å². The fourth-order valence-electron chi connectivity index (χ4n) is 4.72. The molecule has 0 aliphatic carbocycles. The number of aromatic nitrogens is 1. The third-order valence-corrected chi connectivity index (χ3v) is 8.56. The molecule has 1 unspecified atom stereocenters. The number of aliphatic hydroxyl groups excluding tert-OH is 1. The maximum Gasteiger partial charge on any atom is 0.243 e. The Hall–Kier alpha value is -1.56. The Kier molecular flexibility index (Phi) is 11.4. The molecule has 0 spiro atoms. The van der Waals surface area contributed by atoms with Crippen molar-refractivity contribution < 1.29 is 14.7 Å². The summed E-state index contributed by atoms with van der Waals surface area (Å²) in [5.41, 5.74) is 4.62. The van der Waals surface area contributed by atoms with E-state index >= 15 is 0 Å². The molecular formula is C28H41IN4O3S. The maximum atomic E-state index is 13.6. The molecule has 9 heteroatoms. The van der Waals surface area contributed by atoms with E-state index in [0.29, 0.717) is 6.54 Å². The van der Waals surface area contributed by atoms with Gasteiger partial charge in [-0.15, -0.1) is 11.3 Å². The highest BCUT2D eigenvalue weighted by Crippen LogP contribution is 2.28. The molecule has 1 aromatic carbocycles. The number of carbonyl (C=O) groups is 2. The SMILES string of the molecule is Cc1ncsc1-c1ccc(CNC(=O)[C@@H]2C[C@@H](O)CN2C(=O)C(NCCCCCCI)C(C)(C)C)cc1. The first-order valence-corrected chi connectivity index (χ1v) is 15.6. The molecule has 1 aliphatic heterocycles. The number of rotatable bonds is 12. The summed E-state index contributed by atoms with van der Waals surface area (Å²) in [6, 6.07) is 7.00. The Labute approximate surface area is 239 Å². The van der Waals surface area contributed by atoms with Crippen molar-refractivity contribution >= 4 is 45.7 Å². The van der Waals surface area contributed by atoms with Crippen molar-refractivity contribution in [3.05, 3.63) is 41.0 Å². The summed E-state index contributed by atoms with van der Waals surface area (Å²) in [5.74, 6) is -0.334. The van der Waals surface area contributed by atoms with Gasteiger partial charge < -0.3 is 20.6 Å². The molecular weight excluding hydrogens is 599 g/mol. The minimum atomic E-state index is -0.699. The molecule has 3 atom stereocenters. The van der Waals surface area contributed by atoms with Crippen LogP contribution in [0.3, 0.4) is 0 Å². The number of hydrogen-bond acceptors (Lipinski definition) is 6. The van der Waals surface area contributed by atoms with Gasteiger partial charge in [-0.2, -0.15) is 0 Å². The summed E-state index contributed by atoms with van der Waals surface area (Å²) >= 11 is 4.01. The highest BCUT2D eigenvalue weighted by atomic mass is 127. The van der Waals surface area contributed by atoms with Crippen molar-refractivity contribution in [2.45, 2.75) is 84.5 Å². The zero-order valence-electron chi connectivity index (χ0n) is 22.4. The molecule has 7 nitrogen and oxygen atoms in total. The molecule has 1 fully saturated rings. The van der Waals surface area contributed by atoms with Gasteiger partial charge in [-0.25, -0.2) is 4.98 Å². The standard InChI is InChI=1S/C28H41IN4O3S/c1-19-24(37-18-32-19)21-11-9-20(10-12-21)16-31-26(35)23-15-22(34)17-33(23)27(36)25(28(2,3)4)30-14-8-6-5-7-13-29/h9-12,18,22-23,25,30,34H,5-8,13-17H2,1-4H3,(H,31,35)/t22-,23+,25?/m1/s1. The number of thiazole rings is 1. The van der Waals surface area contributed by atoms with E-state index in [1.807, 2.05) is 57.5 Å². The number of aryl methyl sites for hydroxylation is 1. The number of hydrogen-bond donors (Lipinski definition) is 3. The van der Waals surface area contributed by atoms with E-state index in [0.717, 1.165) is 41.1 Å². The van der Waals surface area contributed by atoms with Crippen LogP contribution in [0, 0.1) is 12.3 Å². The molecule has 2 heterocycles. The Morgan fingerprint density at radius 2 is 1.89 bits per heavy atom. The number of nitrogens with zero attached hydrogens (tertiary/aromatic N) is 2. The van der Waals surface area contributed by atoms with E-state index in [1.54, 1.807) is 16.2 Å². The molecule has 2 aromatic rings. The van der Waals surface area contributed by atoms with E-state index < -0.39 is 18.2 Å². The van der Waals surface area contributed by atoms with Crippen molar-refractivity contribution in [3.63, 3.8) is 0 Å². The molecule has 0 radical (unpaired) electrons. The van der Waals surface area contributed by atoms with Crippen molar-refractivity contribution in [3.8, 4) is 10.4 Å². The lowest BCUT2D eigenvalue weighted by Gasteiger charge is -2.35. The summed E-state index contributed by atoms with van der Waals surface area (Å²) < 4.78 is 1.17. The van der Waals surface area contributed by atoms with Crippen LogP contribution >= 0.6 is 33.9 Å². The fraction of sp³-hybridized carbons (Fsp3) is 0.607. The van der Waals surface area contributed by atoms with Gasteiger partial charge in [0.15, 0.2) is 0 Å². The lowest BCUT2D eigenvalue weighted by molar-refractivity contribution is -0.142. The van der Waals surface area contributed by atoms with E-state index in [2.05, 4.69) is 38.2 Å². The van der Waals surface area contributed by atoms with Gasteiger partial charge in [0.1, 0.15) is 6.04 Å². The molecule has 1 aromatic heterocycles. The average molecular weight is 641 g/mol. The Balaban J connectivity index is 1.59. The van der Waals surface area contributed by atoms with E-state index in [4.69, 9.17) is 0 Å². The Morgan fingerprint density at radius 3 is 2.51 bits per heavy atom. The predicted octanol–water partition coefficient (Wildman–Crippen LogP) is 4.70. The smallest absolute Gasteiger partial charge is 0.243 e. The number of aliphatic hydroxyl groups is 1. The lowest BCUT2D eigenvalue weighted by atomic mass is 9.85. The summed E-state index contributed by atoms with van der Waals surface area (Å²) in [7, 11) is 0. The maximum absolute atomic E-state index is 13.6. The van der Waals surface area contributed by atoms with Crippen LogP contribution in [0.2, 0.25) is 0 Å². The van der Waals surface area contributed by atoms with Crippen LogP contribution in [0.5, 0.6) is 0 Å².